The van der Waals surface area contributed by atoms with Gasteiger partial charge in [-0.3, -0.25) is 4.79 Å². The van der Waals surface area contributed by atoms with Gasteiger partial charge in [-0.2, -0.15) is 0 Å². The van der Waals surface area contributed by atoms with Gasteiger partial charge >= 0.3 is 7.28 Å². The van der Waals surface area contributed by atoms with Crippen LogP contribution in [-0.4, -0.2) is 24.4 Å². The maximum atomic E-state index is 10.8. The molecule has 0 spiro atoms. The van der Waals surface area contributed by atoms with Gasteiger partial charge in [-0.25, -0.2) is 0 Å². The first kappa shape index (κ1) is 10.2. The highest BCUT2D eigenvalue weighted by Crippen LogP contribution is 2.06. The summed E-state index contributed by atoms with van der Waals surface area (Å²) in [5, 5.41) is 0. The number of hydrogen-bond donors (Lipinski definition) is 0. The Hall–Kier alpha value is -0.795. The molecular formula is C7H13BO3. The van der Waals surface area contributed by atoms with Gasteiger partial charge < -0.3 is 9.53 Å². The topological polar surface area (TPSA) is 43.4 Å². The minimum atomic E-state index is -0.494. The van der Waals surface area contributed by atoms with E-state index < -0.39 is 11.5 Å². The Kier molecular flexibility index (Phi) is 3.30. The first-order valence-electron chi connectivity index (χ1n) is 3.52. The fourth-order valence-electron chi connectivity index (χ4n) is 0.581. The van der Waals surface area contributed by atoms with Crippen molar-refractivity contribution in [1.29, 1.82) is 0 Å². The summed E-state index contributed by atoms with van der Waals surface area (Å²) >= 11 is 0. The Morgan fingerprint density at radius 1 is 1.27 bits per heavy atom. The summed E-state index contributed by atoms with van der Waals surface area (Å²) in [5.74, 6) is -0.454. The second kappa shape index (κ2) is 3.55. The second-order valence-electron chi connectivity index (χ2n) is 3.47. The van der Waals surface area contributed by atoms with Crippen LogP contribution in [0.25, 0.3) is 0 Å². The molecule has 0 amide bonds. The maximum absolute atomic E-state index is 10.8. The van der Waals surface area contributed by atoms with Crippen molar-refractivity contribution in [2.24, 2.45) is 0 Å². The number of rotatable bonds is 2. The summed E-state index contributed by atoms with van der Waals surface area (Å²) in [7, 11) is -0.128. The van der Waals surface area contributed by atoms with Gasteiger partial charge in [0.1, 0.15) is 5.60 Å². The van der Waals surface area contributed by atoms with Gasteiger partial charge in [0.05, 0.1) is 5.68 Å². The van der Waals surface area contributed by atoms with Crippen molar-refractivity contribution in [2.45, 2.75) is 33.3 Å². The second-order valence-corrected chi connectivity index (χ2v) is 3.47. The molecule has 0 atom stereocenters. The summed E-state index contributed by atoms with van der Waals surface area (Å²) in [6.45, 7) is 6.67. The van der Waals surface area contributed by atoms with Gasteiger partial charge in [0.25, 0.3) is 5.87 Å². The van der Waals surface area contributed by atoms with E-state index in [2.05, 4.69) is 0 Å². The highest BCUT2D eigenvalue weighted by Gasteiger charge is 2.18. The lowest BCUT2D eigenvalue weighted by Crippen LogP contribution is -2.28. The predicted octanol–water partition coefficient (Wildman–Crippen LogP) is 0.905. The van der Waals surface area contributed by atoms with Crippen LogP contribution in [0.2, 0.25) is 0 Å². The van der Waals surface area contributed by atoms with Crippen LogP contribution >= 0.6 is 0 Å². The van der Waals surface area contributed by atoms with Gasteiger partial charge in [-0.05, 0) is 27.7 Å². The van der Waals surface area contributed by atoms with E-state index in [4.69, 9.17) is 4.74 Å². The third kappa shape index (κ3) is 7.10. The zero-order valence-electron chi connectivity index (χ0n) is 7.43. The lowest BCUT2D eigenvalue weighted by molar-refractivity contribution is -0.110. The lowest BCUT2D eigenvalue weighted by atomic mass is 9.74. The number of hydrogen-bond acceptors (Lipinski definition) is 3. The van der Waals surface area contributed by atoms with Crippen molar-refractivity contribution in [1.82, 2.24) is 0 Å². The fourth-order valence-corrected chi connectivity index (χ4v) is 0.581. The summed E-state index contributed by atoms with van der Waals surface area (Å²) in [6, 6.07) is 0. The molecule has 0 bridgehead atoms. The highest BCUT2D eigenvalue weighted by molar-refractivity contribution is 6.95. The summed E-state index contributed by atoms with van der Waals surface area (Å²) in [5.41, 5.74) is -0.661. The van der Waals surface area contributed by atoms with Gasteiger partial charge in [-0.15, -0.1) is 0 Å². The third-order valence-corrected chi connectivity index (χ3v) is 0.813. The molecular weight excluding hydrogens is 143 g/mol. The van der Waals surface area contributed by atoms with E-state index in [1.54, 1.807) is 20.8 Å². The van der Waals surface area contributed by atoms with E-state index in [0.717, 1.165) is 0 Å². The predicted molar refractivity (Wildman–Crippen MR) is 44.1 cm³/mol. The molecule has 0 N–H and O–H groups in total. The van der Waals surface area contributed by atoms with E-state index in [1.165, 1.54) is 6.92 Å². The number of carbonyl (C=O) groups excluding carboxylic acids is 2. The van der Waals surface area contributed by atoms with Gasteiger partial charge in [0.2, 0.25) is 0 Å². The average Bonchev–Trinajstić information content (AvgIpc) is 1.53. The minimum Gasteiger partial charge on any atom is -0.468 e. The van der Waals surface area contributed by atoms with Crippen LogP contribution in [0.1, 0.15) is 27.7 Å². The molecule has 0 saturated carbocycles. The molecule has 0 aromatic rings. The Bertz CT molecular complexity index is 169. The molecule has 0 aliphatic carbocycles. The zero-order valence-corrected chi connectivity index (χ0v) is 7.43. The van der Waals surface area contributed by atoms with Crippen molar-refractivity contribution in [3.8, 4) is 0 Å². The quantitative estimate of drug-likeness (QED) is 0.558. The van der Waals surface area contributed by atoms with Crippen molar-refractivity contribution in [3.05, 3.63) is 0 Å². The molecule has 0 radical (unpaired) electrons. The molecule has 4 heteroatoms. The van der Waals surface area contributed by atoms with Crippen LogP contribution in [0, 0.1) is 0 Å². The molecule has 0 unspecified atom stereocenters. The Balaban J connectivity index is 3.80. The first-order valence-corrected chi connectivity index (χ1v) is 3.52. The van der Waals surface area contributed by atoms with Crippen LogP contribution in [-0.2, 0) is 9.53 Å². The van der Waals surface area contributed by atoms with Crippen molar-refractivity contribution in [3.63, 3.8) is 0 Å². The molecule has 0 fully saturated rings. The molecule has 62 valence electrons. The van der Waals surface area contributed by atoms with E-state index in [9.17, 15) is 9.59 Å². The molecule has 0 aromatic heterocycles. The van der Waals surface area contributed by atoms with Crippen molar-refractivity contribution in [2.75, 3.05) is 0 Å². The summed E-state index contributed by atoms with van der Waals surface area (Å²) in [4.78, 5) is 21.3. The van der Waals surface area contributed by atoms with E-state index in [0.29, 0.717) is 0 Å². The minimum absolute atomic E-state index is 0.128. The molecule has 0 rings (SSSR count). The van der Waals surface area contributed by atoms with E-state index in [1.807, 2.05) is 0 Å². The summed E-state index contributed by atoms with van der Waals surface area (Å²) in [6.07, 6.45) is 0. The van der Waals surface area contributed by atoms with Gasteiger partial charge in [0, 0.05) is 0 Å². The van der Waals surface area contributed by atoms with Crippen LogP contribution in [0.4, 0.5) is 4.79 Å². The van der Waals surface area contributed by atoms with Crippen molar-refractivity contribution < 1.29 is 14.3 Å². The number of ether oxygens (including phenoxy) is 1. The zero-order chi connectivity index (χ0) is 9.07. The SMILES string of the molecule is CC(=O)BC(=O)OC(C)(C)C. The molecule has 0 aromatic carbocycles. The normalized spacial score (nSPS) is 10.5. The highest BCUT2D eigenvalue weighted by atomic mass is 16.5. The maximum Gasteiger partial charge on any atom is 0.338 e. The van der Waals surface area contributed by atoms with Crippen LogP contribution in [0.3, 0.4) is 0 Å². The molecule has 0 aliphatic heterocycles. The van der Waals surface area contributed by atoms with Gasteiger partial charge in [-0.1, -0.05) is 0 Å². The van der Waals surface area contributed by atoms with Crippen molar-refractivity contribution >= 4 is 18.8 Å². The smallest absolute Gasteiger partial charge is 0.338 e. The Labute approximate surface area is 67.4 Å². The van der Waals surface area contributed by atoms with Crippen LogP contribution < -0.4 is 0 Å². The van der Waals surface area contributed by atoms with Crippen LogP contribution in [0.15, 0.2) is 0 Å². The van der Waals surface area contributed by atoms with Crippen LogP contribution in [0.5, 0.6) is 0 Å². The summed E-state index contributed by atoms with van der Waals surface area (Å²) < 4.78 is 4.89. The van der Waals surface area contributed by atoms with Gasteiger partial charge in [0.15, 0.2) is 0 Å². The fraction of sp³-hybridized carbons (Fsp3) is 0.714. The Morgan fingerprint density at radius 2 is 1.73 bits per heavy atom. The first-order chi connectivity index (χ1) is 4.81. The third-order valence-electron chi connectivity index (χ3n) is 0.813. The van der Waals surface area contributed by atoms with E-state index in [-0.39, 0.29) is 13.0 Å². The molecule has 0 saturated heterocycles. The Morgan fingerprint density at radius 3 is 2.00 bits per heavy atom. The average molecular weight is 156 g/mol. The molecule has 11 heavy (non-hydrogen) atoms. The lowest BCUT2D eigenvalue weighted by Gasteiger charge is -2.18. The number of carbonyl (C=O) groups is 2. The molecule has 3 nitrogen and oxygen atoms in total. The molecule has 0 heterocycles. The monoisotopic (exact) mass is 156 g/mol. The van der Waals surface area contributed by atoms with E-state index >= 15 is 0 Å². The standard InChI is InChI=1S/C7H13BO3/c1-5(9)8-6(10)11-7(2,3)4/h8H,1-4H3. The molecule has 0 aliphatic rings. The largest absolute Gasteiger partial charge is 0.468 e.